The molecule has 0 bridgehead atoms. The van der Waals surface area contributed by atoms with Gasteiger partial charge in [-0.1, -0.05) is 55.7 Å². The van der Waals surface area contributed by atoms with Gasteiger partial charge in [0.05, 0.1) is 18.8 Å². The SMILES string of the molecule is COCc1cccc(C[C@H](O)C=C[C@H]2CCC(=O)N2CCCCCCCO)c1. The Labute approximate surface area is 169 Å². The third-order valence-corrected chi connectivity index (χ3v) is 5.23. The summed E-state index contributed by atoms with van der Waals surface area (Å²) in [5.74, 6) is 0.215. The molecule has 0 saturated carbocycles. The summed E-state index contributed by atoms with van der Waals surface area (Å²) in [6.07, 6.45) is 10.3. The number of unbranched alkanes of at least 4 members (excludes halogenated alkanes) is 4. The molecule has 1 aliphatic rings. The summed E-state index contributed by atoms with van der Waals surface area (Å²) in [5, 5.41) is 19.2. The Balaban J connectivity index is 1.80. The molecule has 2 atom stereocenters. The minimum absolute atomic E-state index is 0.0967. The van der Waals surface area contributed by atoms with Gasteiger partial charge in [0.15, 0.2) is 0 Å². The number of carbonyl (C=O) groups excluding carboxylic acids is 1. The Morgan fingerprint density at radius 2 is 1.96 bits per heavy atom. The summed E-state index contributed by atoms with van der Waals surface area (Å²) >= 11 is 0. The van der Waals surface area contributed by atoms with Crippen molar-refractivity contribution in [2.45, 2.75) is 70.1 Å². The number of amides is 1. The Bertz CT molecular complexity index is 616. The van der Waals surface area contributed by atoms with Gasteiger partial charge in [-0.05, 0) is 30.4 Å². The van der Waals surface area contributed by atoms with Crippen molar-refractivity contribution >= 4 is 5.91 Å². The average molecular weight is 390 g/mol. The summed E-state index contributed by atoms with van der Waals surface area (Å²) in [6.45, 7) is 1.61. The van der Waals surface area contributed by atoms with E-state index in [1.165, 1.54) is 0 Å². The van der Waals surface area contributed by atoms with E-state index in [4.69, 9.17) is 9.84 Å². The monoisotopic (exact) mass is 389 g/mol. The smallest absolute Gasteiger partial charge is 0.223 e. The molecule has 1 heterocycles. The lowest BCUT2D eigenvalue weighted by Crippen LogP contribution is -2.32. The molecule has 1 fully saturated rings. The van der Waals surface area contributed by atoms with Gasteiger partial charge in [-0.25, -0.2) is 0 Å². The largest absolute Gasteiger partial charge is 0.396 e. The fraction of sp³-hybridized carbons (Fsp3) is 0.609. The van der Waals surface area contributed by atoms with Gasteiger partial charge in [0.2, 0.25) is 5.91 Å². The molecule has 28 heavy (non-hydrogen) atoms. The molecule has 1 amide bonds. The summed E-state index contributed by atoms with van der Waals surface area (Å²) in [7, 11) is 1.67. The van der Waals surface area contributed by atoms with Crippen LogP contribution in [-0.4, -0.2) is 53.4 Å². The number of aliphatic hydroxyl groups is 2. The number of aliphatic hydroxyl groups excluding tert-OH is 2. The molecule has 1 aliphatic heterocycles. The number of ether oxygens (including phenoxy) is 1. The summed E-state index contributed by atoms with van der Waals surface area (Å²) in [5.41, 5.74) is 2.18. The first-order valence-electron chi connectivity index (χ1n) is 10.5. The van der Waals surface area contributed by atoms with Gasteiger partial charge >= 0.3 is 0 Å². The van der Waals surface area contributed by atoms with Crippen LogP contribution in [0.5, 0.6) is 0 Å². The molecule has 0 aromatic heterocycles. The maximum atomic E-state index is 12.2. The van der Waals surface area contributed by atoms with Crippen LogP contribution >= 0.6 is 0 Å². The topological polar surface area (TPSA) is 70.0 Å². The van der Waals surface area contributed by atoms with Crippen molar-refractivity contribution in [2.24, 2.45) is 0 Å². The first-order chi connectivity index (χ1) is 13.6. The van der Waals surface area contributed by atoms with Crippen molar-refractivity contribution in [1.29, 1.82) is 0 Å². The minimum atomic E-state index is -0.561. The molecule has 156 valence electrons. The molecule has 0 spiro atoms. The molecular formula is C23H35NO4. The van der Waals surface area contributed by atoms with Crippen LogP contribution in [0.25, 0.3) is 0 Å². The highest BCUT2D eigenvalue weighted by Crippen LogP contribution is 2.21. The van der Waals surface area contributed by atoms with Crippen molar-refractivity contribution in [1.82, 2.24) is 4.90 Å². The highest BCUT2D eigenvalue weighted by atomic mass is 16.5. The average Bonchev–Trinajstić information content (AvgIpc) is 3.03. The summed E-state index contributed by atoms with van der Waals surface area (Å²) in [6, 6.07) is 8.17. The van der Waals surface area contributed by atoms with Crippen molar-refractivity contribution in [2.75, 3.05) is 20.3 Å². The van der Waals surface area contributed by atoms with Gasteiger partial charge in [0.1, 0.15) is 0 Å². The predicted octanol–water partition coefficient (Wildman–Crippen LogP) is 3.23. The Hall–Kier alpha value is -1.69. The van der Waals surface area contributed by atoms with Gasteiger partial charge in [-0.2, -0.15) is 0 Å². The number of methoxy groups -OCH3 is 1. The first-order valence-corrected chi connectivity index (χ1v) is 10.5. The third-order valence-electron chi connectivity index (χ3n) is 5.23. The third kappa shape index (κ3) is 7.74. The molecular weight excluding hydrogens is 354 g/mol. The van der Waals surface area contributed by atoms with E-state index in [2.05, 4.69) is 6.07 Å². The standard InChI is InChI=1S/C23H35NO4/c1-28-18-20-9-7-8-19(16-20)17-22(26)12-10-21-11-13-23(27)24(21)14-5-3-2-4-6-15-25/h7-10,12,16,21-22,25-26H,2-6,11,13-15,17-18H2,1H3/t21-,22+/m0/s1. The van der Waals surface area contributed by atoms with Crippen LogP contribution < -0.4 is 0 Å². The van der Waals surface area contributed by atoms with Crippen LogP contribution in [0.4, 0.5) is 0 Å². The van der Waals surface area contributed by atoms with E-state index in [9.17, 15) is 9.90 Å². The second-order valence-electron chi connectivity index (χ2n) is 7.59. The zero-order valence-electron chi connectivity index (χ0n) is 17.1. The maximum absolute atomic E-state index is 12.2. The van der Waals surface area contributed by atoms with E-state index in [0.29, 0.717) is 19.4 Å². The van der Waals surface area contributed by atoms with Crippen LogP contribution in [0.15, 0.2) is 36.4 Å². The van der Waals surface area contributed by atoms with Gasteiger partial charge in [0.25, 0.3) is 0 Å². The minimum Gasteiger partial charge on any atom is -0.396 e. The Morgan fingerprint density at radius 3 is 2.75 bits per heavy atom. The number of hydrogen-bond donors (Lipinski definition) is 2. The van der Waals surface area contributed by atoms with E-state index >= 15 is 0 Å². The second-order valence-corrected chi connectivity index (χ2v) is 7.59. The first kappa shape index (κ1) is 22.6. The van der Waals surface area contributed by atoms with E-state index < -0.39 is 6.10 Å². The molecule has 5 heteroatoms. The summed E-state index contributed by atoms with van der Waals surface area (Å²) in [4.78, 5) is 14.1. The number of carbonyl (C=O) groups is 1. The highest BCUT2D eigenvalue weighted by Gasteiger charge is 2.28. The molecule has 1 aromatic carbocycles. The van der Waals surface area contributed by atoms with Crippen molar-refractivity contribution < 1.29 is 19.7 Å². The van der Waals surface area contributed by atoms with Gasteiger partial charge in [-0.3, -0.25) is 4.79 Å². The van der Waals surface area contributed by atoms with Gasteiger partial charge in [-0.15, -0.1) is 0 Å². The van der Waals surface area contributed by atoms with Crippen molar-refractivity contribution in [3.05, 3.63) is 47.5 Å². The predicted molar refractivity (Wildman–Crippen MR) is 111 cm³/mol. The number of likely N-dealkylation sites (tertiary alicyclic amines) is 1. The molecule has 5 nitrogen and oxygen atoms in total. The zero-order valence-corrected chi connectivity index (χ0v) is 17.1. The van der Waals surface area contributed by atoms with Crippen LogP contribution in [0.1, 0.15) is 56.1 Å². The fourth-order valence-corrected chi connectivity index (χ4v) is 3.75. The Kier molecular flexibility index (Phi) is 10.3. The molecule has 2 N–H and O–H groups in total. The number of benzene rings is 1. The van der Waals surface area contributed by atoms with Gasteiger partial charge in [0, 0.05) is 33.1 Å². The fourth-order valence-electron chi connectivity index (χ4n) is 3.75. The van der Waals surface area contributed by atoms with E-state index in [1.807, 2.05) is 35.3 Å². The molecule has 1 aromatic rings. The lowest BCUT2D eigenvalue weighted by Gasteiger charge is -2.22. The molecule has 0 aliphatic carbocycles. The lowest BCUT2D eigenvalue weighted by molar-refractivity contribution is -0.128. The normalized spacial score (nSPS) is 18.3. The summed E-state index contributed by atoms with van der Waals surface area (Å²) < 4.78 is 5.16. The van der Waals surface area contributed by atoms with Gasteiger partial charge < -0.3 is 19.8 Å². The van der Waals surface area contributed by atoms with Crippen molar-refractivity contribution in [3.63, 3.8) is 0 Å². The van der Waals surface area contributed by atoms with E-state index in [0.717, 1.165) is 56.2 Å². The molecule has 0 unspecified atom stereocenters. The molecule has 2 rings (SSSR count). The number of nitrogens with zero attached hydrogens (tertiary/aromatic N) is 1. The van der Waals surface area contributed by atoms with E-state index in [-0.39, 0.29) is 18.6 Å². The second kappa shape index (κ2) is 12.7. The van der Waals surface area contributed by atoms with Crippen LogP contribution in [0.2, 0.25) is 0 Å². The lowest BCUT2D eigenvalue weighted by atomic mass is 10.0. The van der Waals surface area contributed by atoms with Crippen LogP contribution in [0.3, 0.4) is 0 Å². The Morgan fingerprint density at radius 1 is 1.21 bits per heavy atom. The number of rotatable bonds is 13. The molecule has 1 saturated heterocycles. The zero-order chi connectivity index (χ0) is 20.2. The number of hydrogen-bond acceptors (Lipinski definition) is 4. The van der Waals surface area contributed by atoms with E-state index in [1.54, 1.807) is 7.11 Å². The van der Waals surface area contributed by atoms with Crippen LogP contribution in [0, 0.1) is 0 Å². The van der Waals surface area contributed by atoms with Crippen molar-refractivity contribution in [3.8, 4) is 0 Å². The van der Waals surface area contributed by atoms with Crippen LogP contribution in [-0.2, 0) is 22.6 Å². The quantitative estimate of drug-likeness (QED) is 0.401. The molecule has 0 radical (unpaired) electrons. The highest BCUT2D eigenvalue weighted by molar-refractivity contribution is 5.79. The maximum Gasteiger partial charge on any atom is 0.223 e.